The lowest BCUT2D eigenvalue weighted by molar-refractivity contribution is 0.0924. The number of hydrogen-bond acceptors (Lipinski definition) is 4. The molecule has 2 rings (SSSR count). The third kappa shape index (κ3) is 4.69. The second-order valence-corrected chi connectivity index (χ2v) is 7.30. The Morgan fingerprint density at radius 2 is 1.87 bits per heavy atom. The summed E-state index contributed by atoms with van der Waals surface area (Å²) >= 11 is 0. The van der Waals surface area contributed by atoms with Gasteiger partial charge < -0.3 is 9.73 Å². The molecule has 0 aliphatic heterocycles. The number of carbonyl (C=O) groups is 1. The maximum absolute atomic E-state index is 12.4. The maximum atomic E-state index is 12.4. The van der Waals surface area contributed by atoms with Crippen LogP contribution in [-0.2, 0) is 15.6 Å². The molecule has 124 valence electrons. The molecule has 0 spiro atoms. The molecule has 1 aromatic carbocycles. The van der Waals surface area contributed by atoms with E-state index in [9.17, 15) is 13.2 Å². The second-order valence-electron chi connectivity index (χ2n) is 5.31. The van der Waals surface area contributed by atoms with Crippen molar-refractivity contribution in [2.45, 2.75) is 36.8 Å². The van der Waals surface area contributed by atoms with Crippen molar-refractivity contribution in [3.63, 3.8) is 0 Å². The van der Waals surface area contributed by atoms with Crippen LogP contribution in [0.2, 0.25) is 0 Å². The molecule has 0 atom stereocenters. The number of carbonyl (C=O) groups excluding carboxylic acids is 1. The monoisotopic (exact) mass is 335 g/mol. The topological polar surface area (TPSA) is 76.4 Å². The molecule has 0 fully saturated rings. The minimum Gasteiger partial charge on any atom is -0.459 e. The summed E-state index contributed by atoms with van der Waals surface area (Å²) in [4.78, 5) is 12.3. The zero-order valence-electron chi connectivity index (χ0n) is 13.1. The van der Waals surface area contributed by atoms with Crippen LogP contribution in [0.1, 0.15) is 42.3 Å². The van der Waals surface area contributed by atoms with Crippen LogP contribution in [-0.4, -0.2) is 20.9 Å². The largest absolute Gasteiger partial charge is 0.459 e. The van der Waals surface area contributed by atoms with E-state index in [4.69, 9.17) is 4.42 Å². The average molecular weight is 335 g/mol. The first-order chi connectivity index (χ1) is 11.0. The first kappa shape index (κ1) is 17.3. The number of furan rings is 1. The number of hydrogen-bond donors (Lipinski definition) is 1. The molecule has 23 heavy (non-hydrogen) atoms. The van der Waals surface area contributed by atoms with Gasteiger partial charge in [-0.3, -0.25) is 4.79 Å². The van der Waals surface area contributed by atoms with Gasteiger partial charge in [-0.15, -0.1) is 0 Å². The van der Waals surface area contributed by atoms with Gasteiger partial charge in [-0.25, -0.2) is 8.42 Å². The minimum absolute atomic E-state index is 0.0704. The predicted octanol–water partition coefficient (Wildman–Crippen LogP) is 3.17. The summed E-state index contributed by atoms with van der Waals surface area (Å²) in [6.07, 6.45) is 4.34. The van der Waals surface area contributed by atoms with E-state index in [-0.39, 0.29) is 22.3 Å². The quantitative estimate of drug-likeness (QED) is 0.752. The van der Waals surface area contributed by atoms with Crippen LogP contribution in [0.25, 0.3) is 0 Å². The number of nitrogens with one attached hydrogen (secondary N) is 1. The molecule has 0 bridgehead atoms. The van der Waals surface area contributed by atoms with Gasteiger partial charge in [0.2, 0.25) is 0 Å². The number of unbranched alkanes of at least 4 members (excludes halogenated alkanes) is 2. The molecule has 0 saturated carbocycles. The van der Waals surface area contributed by atoms with Crippen LogP contribution in [0.15, 0.2) is 52.0 Å². The molecule has 0 radical (unpaired) electrons. The standard InChI is InChI=1S/C17H21NO4S/c1-2-3-7-11-18-17(19)16-14(10-12-22-16)13-23(20,21)15-8-5-4-6-9-15/h4-6,8-10,12H,2-3,7,11,13H2,1H3,(H,18,19). The predicted molar refractivity (Wildman–Crippen MR) is 87.9 cm³/mol. The Balaban J connectivity index is 2.08. The van der Waals surface area contributed by atoms with Crippen molar-refractivity contribution in [3.8, 4) is 0 Å². The highest BCUT2D eigenvalue weighted by molar-refractivity contribution is 7.90. The van der Waals surface area contributed by atoms with E-state index in [0.29, 0.717) is 12.1 Å². The summed E-state index contributed by atoms with van der Waals surface area (Å²) in [6.45, 7) is 2.64. The molecule has 0 unspecified atom stereocenters. The number of amides is 1. The Kier molecular flexibility index (Phi) is 5.98. The lowest BCUT2D eigenvalue weighted by Gasteiger charge is -2.06. The number of sulfone groups is 1. The molecule has 0 aliphatic carbocycles. The summed E-state index contributed by atoms with van der Waals surface area (Å²) < 4.78 is 30.0. The molecular formula is C17H21NO4S. The van der Waals surface area contributed by atoms with E-state index in [1.807, 2.05) is 0 Å². The summed E-state index contributed by atoms with van der Waals surface area (Å²) in [5.74, 6) is -0.559. The van der Waals surface area contributed by atoms with Gasteiger partial charge in [0.25, 0.3) is 5.91 Å². The fourth-order valence-corrected chi connectivity index (χ4v) is 3.60. The van der Waals surface area contributed by atoms with Gasteiger partial charge in [0.15, 0.2) is 15.6 Å². The van der Waals surface area contributed by atoms with Crippen molar-refractivity contribution in [1.82, 2.24) is 5.32 Å². The highest BCUT2D eigenvalue weighted by Gasteiger charge is 2.22. The summed E-state index contributed by atoms with van der Waals surface area (Å²) in [5, 5.41) is 2.76. The molecular weight excluding hydrogens is 314 g/mol. The maximum Gasteiger partial charge on any atom is 0.287 e. The highest BCUT2D eigenvalue weighted by atomic mass is 32.2. The zero-order valence-corrected chi connectivity index (χ0v) is 13.9. The van der Waals surface area contributed by atoms with Gasteiger partial charge in [0.05, 0.1) is 16.9 Å². The van der Waals surface area contributed by atoms with Crippen molar-refractivity contribution in [1.29, 1.82) is 0 Å². The Hall–Kier alpha value is -2.08. The van der Waals surface area contributed by atoms with Crippen molar-refractivity contribution >= 4 is 15.7 Å². The molecule has 1 N–H and O–H groups in total. The SMILES string of the molecule is CCCCCNC(=O)c1occc1CS(=O)(=O)c1ccccc1. The Labute approximate surface area is 136 Å². The van der Waals surface area contributed by atoms with Gasteiger partial charge in [0.1, 0.15) is 0 Å². The highest BCUT2D eigenvalue weighted by Crippen LogP contribution is 2.19. The molecule has 2 aromatic rings. The summed E-state index contributed by atoms with van der Waals surface area (Å²) in [7, 11) is -3.51. The third-order valence-corrected chi connectivity index (χ3v) is 5.15. The number of rotatable bonds is 8. The summed E-state index contributed by atoms with van der Waals surface area (Å²) in [6, 6.07) is 9.71. The fourth-order valence-electron chi connectivity index (χ4n) is 2.22. The zero-order chi connectivity index (χ0) is 16.7. The second kappa shape index (κ2) is 7.97. The van der Waals surface area contributed by atoms with Gasteiger partial charge in [0, 0.05) is 12.1 Å². The van der Waals surface area contributed by atoms with Gasteiger partial charge in [-0.05, 0) is 24.6 Å². The van der Waals surface area contributed by atoms with Crippen molar-refractivity contribution in [2.24, 2.45) is 0 Å². The molecule has 6 heteroatoms. The first-order valence-electron chi connectivity index (χ1n) is 7.67. The molecule has 1 heterocycles. The smallest absolute Gasteiger partial charge is 0.287 e. The lowest BCUT2D eigenvalue weighted by Crippen LogP contribution is -2.25. The number of benzene rings is 1. The van der Waals surface area contributed by atoms with Gasteiger partial charge in [-0.2, -0.15) is 0 Å². The first-order valence-corrected chi connectivity index (χ1v) is 9.32. The van der Waals surface area contributed by atoms with Crippen LogP contribution >= 0.6 is 0 Å². The van der Waals surface area contributed by atoms with E-state index < -0.39 is 9.84 Å². The lowest BCUT2D eigenvalue weighted by atomic mass is 10.2. The van der Waals surface area contributed by atoms with E-state index >= 15 is 0 Å². The van der Waals surface area contributed by atoms with Crippen LogP contribution in [0.4, 0.5) is 0 Å². The Bertz CT molecular complexity index is 735. The molecule has 5 nitrogen and oxygen atoms in total. The van der Waals surface area contributed by atoms with E-state index in [1.165, 1.54) is 12.3 Å². The van der Waals surface area contributed by atoms with Gasteiger partial charge in [-0.1, -0.05) is 38.0 Å². The van der Waals surface area contributed by atoms with E-state index in [1.54, 1.807) is 30.3 Å². The van der Waals surface area contributed by atoms with E-state index in [2.05, 4.69) is 12.2 Å². The van der Waals surface area contributed by atoms with Crippen LogP contribution in [0.3, 0.4) is 0 Å². The van der Waals surface area contributed by atoms with Crippen LogP contribution in [0.5, 0.6) is 0 Å². The van der Waals surface area contributed by atoms with Crippen molar-refractivity contribution in [2.75, 3.05) is 6.54 Å². The Morgan fingerprint density at radius 3 is 2.57 bits per heavy atom. The van der Waals surface area contributed by atoms with Crippen LogP contribution < -0.4 is 5.32 Å². The summed E-state index contributed by atoms with van der Waals surface area (Å²) in [5.41, 5.74) is 0.377. The normalized spacial score (nSPS) is 11.3. The fraction of sp³-hybridized carbons (Fsp3) is 0.353. The molecule has 1 amide bonds. The molecule has 0 aliphatic rings. The Morgan fingerprint density at radius 1 is 1.13 bits per heavy atom. The molecule has 1 aromatic heterocycles. The minimum atomic E-state index is -3.51. The van der Waals surface area contributed by atoms with Crippen molar-refractivity contribution in [3.05, 3.63) is 54.0 Å². The van der Waals surface area contributed by atoms with Crippen LogP contribution in [0, 0.1) is 0 Å². The molecule has 0 saturated heterocycles. The van der Waals surface area contributed by atoms with E-state index in [0.717, 1.165) is 19.3 Å². The van der Waals surface area contributed by atoms with Gasteiger partial charge >= 0.3 is 0 Å². The van der Waals surface area contributed by atoms with Crippen molar-refractivity contribution < 1.29 is 17.6 Å². The third-order valence-electron chi connectivity index (χ3n) is 3.47. The average Bonchev–Trinajstić information content (AvgIpc) is 3.00.